The first-order valence-electron chi connectivity index (χ1n) is 8.97. The summed E-state index contributed by atoms with van der Waals surface area (Å²) in [5.74, 6) is 1.53. The third-order valence-electron chi connectivity index (χ3n) is 4.35. The summed E-state index contributed by atoms with van der Waals surface area (Å²) in [6.07, 6.45) is 1.97. The number of fused-ring (bicyclic) bond motifs is 1. The van der Waals surface area contributed by atoms with Crippen LogP contribution < -0.4 is 10.1 Å². The zero-order chi connectivity index (χ0) is 19.1. The minimum absolute atomic E-state index is 0.00790. The highest BCUT2D eigenvalue weighted by molar-refractivity contribution is 5.77. The van der Waals surface area contributed by atoms with Gasteiger partial charge in [0.2, 0.25) is 5.91 Å². The predicted octanol–water partition coefficient (Wildman–Crippen LogP) is 3.31. The Morgan fingerprint density at radius 1 is 1.22 bits per heavy atom. The Kier molecular flexibility index (Phi) is 6.06. The fraction of sp³-hybridized carbons (Fsp3) is 0.286. The lowest BCUT2D eigenvalue weighted by molar-refractivity contribution is -0.121. The number of ether oxygens (including phenoxy) is 1. The number of unbranched alkanes of at least 4 members (excludes halogenated alkanes) is 1. The van der Waals surface area contributed by atoms with Gasteiger partial charge < -0.3 is 14.6 Å². The molecule has 0 spiro atoms. The van der Waals surface area contributed by atoms with E-state index >= 15 is 0 Å². The monoisotopic (exact) mass is 362 g/mol. The van der Waals surface area contributed by atoms with Crippen molar-refractivity contribution in [2.24, 2.45) is 7.05 Å². The van der Waals surface area contributed by atoms with Crippen molar-refractivity contribution in [3.8, 4) is 11.8 Å². The van der Waals surface area contributed by atoms with Crippen molar-refractivity contribution < 1.29 is 9.53 Å². The summed E-state index contributed by atoms with van der Waals surface area (Å²) in [5, 5.41) is 11.8. The Morgan fingerprint density at radius 3 is 2.89 bits per heavy atom. The van der Waals surface area contributed by atoms with Crippen molar-refractivity contribution in [3.63, 3.8) is 0 Å². The largest absolute Gasteiger partial charge is 0.494 e. The van der Waals surface area contributed by atoms with Crippen molar-refractivity contribution in [2.75, 3.05) is 6.61 Å². The number of benzene rings is 2. The van der Waals surface area contributed by atoms with Gasteiger partial charge >= 0.3 is 0 Å². The molecular weight excluding hydrogens is 340 g/mol. The maximum Gasteiger partial charge on any atom is 0.220 e. The van der Waals surface area contributed by atoms with Crippen LogP contribution in [0.15, 0.2) is 48.5 Å². The summed E-state index contributed by atoms with van der Waals surface area (Å²) in [7, 11) is 1.95. The van der Waals surface area contributed by atoms with E-state index in [9.17, 15) is 4.79 Å². The number of nitrogens with one attached hydrogen (secondary N) is 1. The number of imidazole rings is 1. The Morgan fingerprint density at radius 2 is 2.07 bits per heavy atom. The molecule has 0 atom stereocenters. The molecular formula is C21H22N4O2. The molecule has 0 saturated heterocycles. The summed E-state index contributed by atoms with van der Waals surface area (Å²) in [5.41, 5.74) is 2.56. The lowest BCUT2D eigenvalue weighted by Gasteiger charge is -2.07. The molecule has 0 unspecified atom stereocenters. The van der Waals surface area contributed by atoms with Crippen molar-refractivity contribution in [2.45, 2.75) is 25.8 Å². The molecule has 27 heavy (non-hydrogen) atoms. The normalized spacial score (nSPS) is 10.5. The number of aryl methyl sites for hydroxylation is 1. The lowest BCUT2D eigenvalue weighted by atomic mass is 10.2. The van der Waals surface area contributed by atoms with Gasteiger partial charge in [0, 0.05) is 13.5 Å². The molecule has 6 nitrogen and oxygen atoms in total. The van der Waals surface area contributed by atoms with Crippen molar-refractivity contribution in [3.05, 3.63) is 59.9 Å². The standard InChI is InChI=1S/C21H22N4O2/c1-25-19-10-3-2-9-18(19)24-20(25)15-23-21(26)11-4-5-12-27-17-8-6-7-16(13-17)14-22/h2-3,6-10,13H,4-5,11-12,15H2,1H3,(H,23,26). The predicted molar refractivity (Wildman–Crippen MR) is 103 cm³/mol. The third kappa shape index (κ3) is 4.85. The topological polar surface area (TPSA) is 79.9 Å². The molecule has 2 aromatic carbocycles. The van der Waals surface area contributed by atoms with Crippen LogP contribution in [0.5, 0.6) is 5.75 Å². The molecule has 3 rings (SSSR count). The summed E-state index contributed by atoms with van der Waals surface area (Å²) >= 11 is 0. The molecule has 3 aromatic rings. The first-order chi connectivity index (χ1) is 13.2. The zero-order valence-corrected chi connectivity index (χ0v) is 15.3. The van der Waals surface area contributed by atoms with Crippen molar-refractivity contribution >= 4 is 16.9 Å². The van der Waals surface area contributed by atoms with E-state index in [0.717, 1.165) is 29.7 Å². The second kappa shape index (κ2) is 8.86. The first kappa shape index (κ1) is 18.5. The molecule has 0 radical (unpaired) electrons. The first-order valence-corrected chi connectivity index (χ1v) is 8.97. The number of hydrogen-bond acceptors (Lipinski definition) is 4. The van der Waals surface area contributed by atoms with Crippen LogP contribution in [0.3, 0.4) is 0 Å². The summed E-state index contributed by atoms with van der Waals surface area (Å²) < 4.78 is 7.61. The van der Waals surface area contributed by atoms with E-state index in [4.69, 9.17) is 10.00 Å². The van der Waals surface area contributed by atoms with Crippen LogP contribution in [-0.2, 0) is 18.4 Å². The Labute approximate surface area is 158 Å². The minimum Gasteiger partial charge on any atom is -0.494 e. The lowest BCUT2D eigenvalue weighted by Crippen LogP contribution is -2.24. The van der Waals surface area contributed by atoms with Gasteiger partial charge in [-0.25, -0.2) is 4.98 Å². The second-order valence-corrected chi connectivity index (χ2v) is 6.30. The van der Waals surface area contributed by atoms with Gasteiger partial charge in [-0.1, -0.05) is 18.2 Å². The molecule has 1 heterocycles. The number of nitriles is 1. The molecule has 6 heteroatoms. The van der Waals surface area contributed by atoms with Crippen LogP contribution in [0.1, 0.15) is 30.7 Å². The number of carbonyl (C=O) groups excluding carboxylic acids is 1. The van der Waals surface area contributed by atoms with Crippen LogP contribution in [0, 0.1) is 11.3 Å². The highest BCUT2D eigenvalue weighted by Gasteiger charge is 2.08. The van der Waals surface area contributed by atoms with Gasteiger partial charge in [0.15, 0.2) is 0 Å². The van der Waals surface area contributed by atoms with E-state index < -0.39 is 0 Å². The van der Waals surface area contributed by atoms with Gasteiger partial charge in [-0.15, -0.1) is 0 Å². The van der Waals surface area contributed by atoms with Gasteiger partial charge in [-0.2, -0.15) is 5.26 Å². The molecule has 0 saturated carbocycles. The maximum absolute atomic E-state index is 12.0. The number of carbonyl (C=O) groups is 1. The van der Waals surface area contributed by atoms with E-state index in [0.29, 0.717) is 30.9 Å². The van der Waals surface area contributed by atoms with E-state index in [-0.39, 0.29) is 5.91 Å². The Bertz CT molecular complexity index is 972. The van der Waals surface area contributed by atoms with E-state index in [1.807, 2.05) is 41.9 Å². The maximum atomic E-state index is 12.0. The Hall–Kier alpha value is -3.33. The third-order valence-corrected chi connectivity index (χ3v) is 4.35. The average Bonchev–Trinajstić information content (AvgIpc) is 3.02. The number of rotatable bonds is 8. The summed E-state index contributed by atoms with van der Waals surface area (Å²) in [6.45, 7) is 0.939. The fourth-order valence-corrected chi connectivity index (χ4v) is 2.85. The fourth-order valence-electron chi connectivity index (χ4n) is 2.85. The van der Waals surface area contributed by atoms with Gasteiger partial charge in [-0.3, -0.25) is 4.79 Å². The van der Waals surface area contributed by atoms with Gasteiger partial charge in [0.05, 0.1) is 35.8 Å². The number of amides is 1. The average molecular weight is 362 g/mol. The van der Waals surface area contributed by atoms with Gasteiger partial charge in [-0.05, 0) is 43.2 Å². The van der Waals surface area contributed by atoms with Crippen molar-refractivity contribution in [1.82, 2.24) is 14.9 Å². The van der Waals surface area contributed by atoms with Crippen LogP contribution in [0.4, 0.5) is 0 Å². The second-order valence-electron chi connectivity index (χ2n) is 6.30. The molecule has 1 amide bonds. The van der Waals surface area contributed by atoms with Gasteiger partial charge in [0.25, 0.3) is 0 Å². The SMILES string of the molecule is Cn1c(CNC(=O)CCCCOc2cccc(C#N)c2)nc2ccccc21. The molecule has 0 fully saturated rings. The highest BCUT2D eigenvalue weighted by atomic mass is 16.5. The number of aromatic nitrogens is 2. The van der Waals surface area contributed by atoms with Gasteiger partial charge in [0.1, 0.15) is 11.6 Å². The number of nitrogens with zero attached hydrogens (tertiary/aromatic N) is 3. The van der Waals surface area contributed by atoms with E-state index in [2.05, 4.69) is 16.4 Å². The van der Waals surface area contributed by atoms with Crippen LogP contribution in [0.25, 0.3) is 11.0 Å². The molecule has 0 aliphatic rings. The zero-order valence-electron chi connectivity index (χ0n) is 15.3. The molecule has 0 aliphatic carbocycles. The minimum atomic E-state index is 0.00790. The number of hydrogen-bond donors (Lipinski definition) is 1. The summed E-state index contributed by atoms with van der Waals surface area (Å²) in [4.78, 5) is 16.6. The quantitative estimate of drug-likeness (QED) is 0.624. The molecule has 138 valence electrons. The van der Waals surface area contributed by atoms with Crippen LogP contribution in [-0.4, -0.2) is 22.1 Å². The molecule has 1 N–H and O–H groups in total. The molecule has 1 aromatic heterocycles. The van der Waals surface area contributed by atoms with E-state index in [1.165, 1.54) is 0 Å². The van der Waals surface area contributed by atoms with E-state index in [1.54, 1.807) is 18.2 Å². The van der Waals surface area contributed by atoms with Crippen LogP contribution in [0.2, 0.25) is 0 Å². The van der Waals surface area contributed by atoms with Crippen LogP contribution >= 0.6 is 0 Å². The van der Waals surface area contributed by atoms with Crippen molar-refractivity contribution in [1.29, 1.82) is 5.26 Å². The number of para-hydroxylation sites is 2. The molecule has 0 aliphatic heterocycles. The Balaban J connectivity index is 1.37. The highest BCUT2D eigenvalue weighted by Crippen LogP contribution is 2.14. The smallest absolute Gasteiger partial charge is 0.220 e. The summed E-state index contributed by atoms with van der Waals surface area (Å²) in [6, 6.07) is 17.1. The molecule has 0 bridgehead atoms.